The van der Waals surface area contributed by atoms with Gasteiger partial charge in [0, 0.05) is 22.8 Å². The Morgan fingerprint density at radius 1 is 1.36 bits per heavy atom. The van der Waals surface area contributed by atoms with Crippen molar-refractivity contribution in [2.45, 2.75) is 20.8 Å². The lowest BCUT2D eigenvalue weighted by atomic mass is 10.1. The summed E-state index contributed by atoms with van der Waals surface area (Å²) < 4.78 is 0. The van der Waals surface area contributed by atoms with E-state index in [1.54, 1.807) is 18.5 Å². The van der Waals surface area contributed by atoms with Gasteiger partial charge in [-0.05, 0) is 6.92 Å². The first-order valence-corrected chi connectivity index (χ1v) is 4.74. The SMILES string of the molecule is C=Cc1cncc2n[nH]c(C)c12.CC. The molecule has 0 unspecified atom stereocenters. The van der Waals surface area contributed by atoms with E-state index in [4.69, 9.17) is 0 Å². The summed E-state index contributed by atoms with van der Waals surface area (Å²) in [7, 11) is 0. The van der Waals surface area contributed by atoms with E-state index in [2.05, 4.69) is 21.8 Å². The summed E-state index contributed by atoms with van der Waals surface area (Å²) in [6.45, 7) is 9.71. The zero-order valence-electron chi connectivity index (χ0n) is 8.83. The first-order chi connectivity index (χ1) is 6.83. The minimum absolute atomic E-state index is 0.893. The van der Waals surface area contributed by atoms with Crippen molar-refractivity contribution in [3.8, 4) is 0 Å². The molecule has 2 heterocycles. The molecule has 0 aromatic carbocycles. The Kier molecular flexibility index (Phi) is 3.40. The summed E-state index contributed by atoms with van der Waals surface area (Å²) in [5, 5.41) is 8.12. The van der Waals surface area contributed by atoms with Crippen LogP contribution in [-0.4, -0.2) is 15.2 Å². The van der Waals surface area contributed by atoms with Gasteiger partial charge in [-0.1, -0.05) is 26.5 Å². The normalized spacial score (nSPS) is 9.36. The molecule has 2 rings (SSSR count). The minimum Gasteiger partial charge on any atom is -0.282 e. The van der Waals surface area contributed by atoms with Crippen LogP contribution in [0.4, 0.5) is 0 Å². The molecule has 0 spiro atoms. The molecule has 0 aliphatic heterocycles. The molecular formula is C11H15N3. The molecule has 3 heteroatoms. The van der Waals surface area contributed by atoms with Gasteiger partial charge in [-0.25, -0.2) is 0 Å². The van der Waals surface area contributed by atoms with Crippen LogP contribution in [0, 0.1) is 6.92 Å². The standard InChI is InChI=1S/C9H9N3.C2H6/c1-3-7-4-10-5-8-9(7)6(2)11-12-8;1-2/h3-5H,1H2,2H3,(H,11,12);1-2H3. The summed E-state index contributed by atoms with van der Waals surface area (Å²) in [5.74, 6) is 0. The van der Waals surface area contributed by atoms with Gasteiger partial charge in [0.05, 0.1) is 6.20 Å². The van der Waals surface area contributed by atoms with Gasteiger partial charge >= 0.3 is 0 Å². The molecule has 74 valence electrons. The van der Waals surface area contributed by atoms with E-state index < -0.39 is 0 Å². The monoisotopic (exact) mass is 189 g/mol. The molecule has 0 bridgehead atoms. The topological polar surface area (TPSA) is 41.6 Å². The van der Waals surface area contributed by atoms with E-state index in [0.717, 1.165) is 22.2 Å². The van der Waals surface area contributed by atoms with Gasteiger partial charge in [-0.2, -0.15) is 5.10 Å². The van der Waals surface area contributed by atoms with Gasteiger partial charge in [0.1, 0.15) is 5.52 Å². The first kappa shape index (κ1) is 10.4. The van der Waals surface area contributed by atoms with Crippen LogP contribution in [0.1, 0.15) is 25.1 Å². The summed E-state index contributed by atoms with van der Waals surface area (Å²) in [6.07, 6.45) is 5.32. The summed E-state index contributed by atoms with van der Waals surface area (Å²) in [5.41, 5.74) is 2.98. The van der Waals surface area contributed by atoms with Gasteiger partial charge < -0.3 is 0 Å². The maximum absolute atomic E-state index is 4.09. The average molecular weight is 189 g/mol. The molecule has 1 N–H and O–H groups in total. The van der Waals surface area contributed by atoms with Gasteiger partial charge in [0.2, 0.25) is 0 Å². The summed E-state index contributed by atoms with van der Waals surface area (Å²) in [6, 6.07) is 0. The Balaban J connectivity index is 0.000000461. The number of rotatable bonds is 1. The van der Waals surface area contributed by atoms with Crippen molar-refractivity contribution < 1.29 is 0 Å². The summed E-state index contributed by atoms with van der Waals surface area (Å²) >= 11 is 0. The van der Waals surface area contributed by atoms with Crippen molar-refractivity contribution in [1.82, 2.24) is 15.2 Å². The fourth-order valence-corrected chi connectivity index (χ4v) is 1.31. The Labute approximate surface area is 83.9 Å². The number of hydrogen-bond acceptors (Lipinski definition) is 2. The molecule has 2 aromatic rings. The smallest absolute Gasteiger partial charge is 0.111 e. The lowest BCUT2D eigenvalue weighted by Gasteiger charge is -1.94. The van der Waals surface area contributed by atoms with Crippen LogP contribution in [0.3, 0.4) is 0 Å². The number of pyridine rings is 1. The fourth-order valence-electron chi connectivity index (χ4n) is 1.31. The molecule has 0 amide bonds. The lowest BCUT2D eigenvalue weighted by Crippen LogP contribution is -1.79. The number of nitrogens with one attached hydrogen (secondary N) is 1. The molecule has 2 aromatic heterocycles. The molecule has 3 nitrogen and oxygen atoms in total. The lowest BCUT2D eigenvalue weighted by molar-refractivity contribution is 1.07. The third-order valence-corrected chi connectivity index (χ3v) is 1.89. The molecule has 0 fully saturated rings. The molecule has 0 saturated carbocycles. The molecule has 14 heavy (non-hydrogen) atoms. The van der Waals surface area contributed by atoms with Crippen molar-refractivity contribution in [3.63, 3.8) is 0 Å². The highest BCUT2D eigenvalue weighted by molar-refractivity contribution is 5.88. The fraction of sp³-hybridized carbons (Fsp3) is 0.273. The third-order valence-electron chi connectivity index (χ3n) is 1.89. The van der Waals surface area contributed by atoms with Crippen molar-refractivity contribution in [1.29, 1.82) is 0 Å². The van der Waals surface area contributed by atoms with Crippen molar-refractivity contribution >= 4 is 17.0 Å². The number of hydrogen-bond donors (Lipinski definition) is 1. The zero-order valence-corrected chi connectivity index (χ0v) is 8.83. The Hall–Kier alpha value is -1.64. The van der Waals surface area contributed by atoms with Crippen LogP contribution in [0.5, 0.6) is 0 Å². The van der Waals surface area contributed by atoms with Crippen LogP contribution in [0.15, 0.2) is 19.0 Å². The van der Waals surface area contributed by atoms with Crippen molar-refractivity contribution in [2.75, 3.05) is 0 Å². The predicted octanol–water partition coefficient (Wildman–Crippen LogP) is 2.94. The Morgan fingerprint density at radius 2 is 2.07 bits per heavy atom. The van der Waals surface area contributed by atoms with Crippen LogP contribution >= 0.6 is 0 Å². The number of H-pyrrole nitrogens is 1. The maximum Gasteiger partial charge on any atom is 0.111 e. The second kappa shape index (κ2) is 4.56. The molecule has 0 aliphatic carbocycles. The number of aryl methyl sites for hydroxylation is 1. The van der Waals surface area contributed by atoms with E-state index in [1.807, 2.05) is 20.8 Å². The number of aromatic nitrogens is 3. The van der Waals surface area contributed by atoms with Crippen LogP contribution in [0.25, 0.3) is 17.0 Å². The van der Waals surface area contributed by atoms with Crippen molar-refractivity contribution in [2.24, 2.45) is 0 Å². The minimum atomic E-state index is 0.893. The molecule has 0 radical (unpaired) electrons. The van der Waals surface area contributed by atoms with E-state index in [1.165, 1.54) is 0 Å². The quantitative estimate of drug-likeness (QED) is 0.749. The van der Waals surface area contributed by atoms with Gasteiger partial charge in [0.15, 0.2) is 0 Å². The predicted molar refractivity (Wildman–Crippen MR) is 60.1 cm³/mol. The van der Waals surface area contributed by atoms with Crippen LogP contribution < -0.4 is 0 Å². The van der Waals surface area contributed by atoms with Crippen molar-refractivity contribution in [3.05, 3.63) is 30.2 Å². The number of aromatic amines is 1. The maximum atomic E-state index is 4.09. The van der Waals surface area contributed by atoms with E-state index in [9.17, 15) is 0 Å². The zero-order chi connectivity index (χ0) is 10.6. The molecule has 0 atom stereocenters. The second-order valence-corrected chi connectivity index (χ2v) is 2.68. The van der Waals surface area contributed by atoms with Gasteiger partial charge in [-0.3, -0.25) is 10.1 Å². The van der Waals surface area contributed by atoms with Crippen LogP contribution in [-0.2, 0) is 0 Å². The largest absolute Gasteiger partial charge is 0.282 e. The molecule has 0 saturated heterocycles. The van der Waals surface area contributed by atoms with E-state index >= 15 is 0 Å². The third kappa shape index (κ3) is 1.66. The van der Waals surface area contributed by atoms with Crippen LogP contribution in [0.2, 0.25) is 0 Å². The first-order valence-electron chi connectivity index (χ1n) is 4.74. The van der Waals surface area contributed by atoms with E-state index in [-0.39, 0.29) is 0 Å². The highest BCUT2D eigenvalue weighted by atomic mass is 15.1. The van der Waals surface area contributed by atoms with Gasteiger partial charge in [-0.15, -0.1) is 0 Å². The molecule has 0 aliphatic rings. The molecular weight excluding hydrogens is 174 g/mol. The average Bonchev–Trinajstić information content (AvgIpc) is 2.64. The number of nitrogens with zero attached hydrogens (tertiary/aromatic N) is 2. The summed E-state index contributed by atoms with van der Waals surface area (Å²) in [4.78, 5) is 4.04. The number of fused-ring (bicyclic) bond motifs is 1. The highest BCUT2D eigenvalue weighted by Gasteiger charge is 2.03. The Morgan fingerprint density at radius 3 is 2.71 bits per heavy atom. The second-order valence-electron chi connectivity index (χ2n) is 2.68. The van der Waals surface area contributed by atoms with Gasteiger partial charge in [0.25, 0.3) is 0 Å². The van der Waals surface area contributed by atoms with E-state index in [0.29, 0.717) is 0 Å². The Bertz CT molecular complexity index is 429. The highest BCUT2D eigenvalue weighted by Crippen LogP contribution is 2.18.